The molecule has 1 aromatic carbocycles. The van der Waals surface area contributed by atoms with Crippen LogP contribution in [0, 0.1) is 15.9 Å². The summed E-state index contributed by atoms with van der Waals surface area (Å²) >= 11 is 0. The van der Waals surface area contributed by atoms with Gasteiger partial charge in [0.15, 0.2) is 5.82 Å². The second-order valence-corrected chi connectivity index (χ2v) is 4.89. The highest BCUT2D eigenvalue weighted by Crippen LogP contribution is 2.21. The lowest BCUT2D eigenvalue weighted by atomic mass is 10.2. The van der Waals surface area contributed by atoms with Gasteiger partial charge in [-0.15, -0.1) is 0 Å². The second-order valence-electron chi connectivity index (χ2n) is 4.89. The summed E-state index contributed by atoms with van der Waals surface area (Å²) in [5, 5.41) is 13.5. The molecule has 0 saturated carbocycles. The molecule has 1 atom stereocenters. The van der Waals surface area contributed by atoms with E-state index in [1.54, 1.807) is 0 Å². The number of benzene rings is 1. The van der Waals surface area contributed by atoms with Crippen molar-refractivity contribution in [1.82, 2.24) is 4.90 Å². The monoisotopic (exact) mass is 267 g/mol. The standard InChI is InChI=1S/C13H18FN3O2/c1-10(16-6-2-3-7-16)9-15-13-5-4-11(17(18)19)8-12(13)14/h4-5,8,10,15H,2-3,6-7,9H2,1H3. The molecule has 1 heterocycles. The Labute approximate surface area is 111 Å². The number of anilines is 1. The third kappa shape index (κ3) is 3.41. The van der Waals surface area contributed by atoms with Gasteiger partial charge < -0.3 is 5.32 Å². The van der Waals surface area contributed by atoms with E-state index < -0.39 is 10.7 Å². The predicted octanol–water partition coefficient (Wildman–Crippen LogP) is 2.63. The largest absolute Gasteiger partial charge is 0.381 e. The van der Waals surface area contributed by atoms with Crippen LogP contribution in [0.1, 0.15) is 19.8 Å². The summed E-state index contributed by atoms with van der Waals surface area (Å²) in [6.45, 7) is 4.91. The number of nitro groups is 1. The van der Waals surface area contributed by atoms with Crippen molar-refractivity contribution in [3.63, 3.8) is 0 Å². The van der Waals surface area contributed by atoms with Gasteiger partial charge in [0.05, 0.1) is 16.7 Å². The third-order valence-corrected chi connectivity index (χ3v) is 3.52. The van der Waals surface area contributed by atoms with Crippen molar-refractivity contribution in [3.8, 4) is 0 Å². The molecular weight excluding hydrogens is 249 g/mol. The minimum absolute atomic E-state index is 0.226. The zero-order valence-electron chi connectivity index (χ0n) is 10.9. The Morgan fingerprint density at radius 3 is 2.74 bits per heavy atom. The predicted molar refractivity (Wildman–Crippen MR) is 71.8 cm³/mol. The van der Waals surface area contributed by atoms with Crippen LogP contribution in [0.25, 0.3) is 0 Å². The van der Waals surface area contributed by atoms with E-state index in [0.29, 0.717) is 18.3 Å². The highest BCUT2D eigenvalue weighted by atomic mass is 19.1. The number of nitro benzene ring substituents is 1. The quantitative estimate of drug-likeness (QED) is 0.658. The van der Waals surface area contributed by atoms with E-state index in [-0.39, 0.29) is 5.69 Å². The van der Waals surface area contributed by atoms with Crippen molar-refractivity contribution in [2.24, 2.45) is 0 Å². The van der Waals surface area contributed by atoms with Gasteiger partial charge in [0, 0.05) is 18.7 Å². The molecule has 5 nitrogen and oxygen atoms in total. The van der Waals surface area contributed by atoms with Gasteiger partial charge in [0.2, 0.25) is 0 Å². The first-order chi connectivity index (χ1) is 9.08. The molecule has 0 aliphatic carbocycles. The molecule has 1 N–H and O–H groups in total. The van der Waals surface area contributed by atoms with E-state index in [0.717, 1.165) is 19.2 Å². The molecule has 104 valence electrons. The van der Waals surface area contributed by atoms with Gasteiger partial charge in [-0.2, -0.15) is 0 Å². The number of nitrogens with one attached hydrogen (secondary N) is 1. The molecular formula is C13H18FN3O2. The Kier molecular flexibility index (Phi) is 4.31. The molecule has 19 heavy (non-hydrogen) atoms. The van der Waals surface area contributed by atoms with Crippen LogP contribution in [0.5, 0.6) is 0 Å². The summed E-state index contributed by atoms with van der Waals surface area (Å²) in [4.78, 5) is 12.3. The van der Waals surface area contributed by atoms with E-state index in [2.05, 4.69) is 17.1 Å². The number of halogens is 1. The van der Waals surface area contributed by atoms with Gasteiger partial charge >= 0.3 is 0 Å². The Morgan fingerprint density at radius 2 is 2.16 bits per heavy atom. The number of hydrogen-bond acceptors (Lipinski definition) is 4. The lowest BCUT2D eigenvalue weighted by molar-refractivity contribution is -0.385. The zero-order chi connectivity index (χ0) is 13.8. The van der Waals surface area contributed by atoms with Gasteiger partial charge in [0.1, 0.15) is 0 Å². The lowest BCUT2D eigenvalue weighted by Crippen LogP contribution is -2.35. The molecule has 0 aromatic heterocycles. The first-order valence-corrected chi connectivity index (χ1v) is 6.50. The molecule has 1 unspecified atom stereocenters. The molecule has 0 radical (unpaired) electrons. The molecule has 1 aliphatic rings. The Bertz CT molecular complexity index is 461. The van der Waals surface area contributed by atoms with Crippen LogP contribution >= 0.6 is 0 Å². The first-order valence-electron chi connectivity index (χ1n) is 6.50. The van der Waals surface area contributed by atoms with Crippen LogP contribution in [0.4, 0.5) is 15.8 Å². The van der Waals surface area contributed by atoms with Crippen LogP contribution in [0.15, 0.2) is 18.2 Å². The zero-order valence-corrected chi connectivity index (χ0v) is 10.9. The minimum atomic E-state index is -0.598. The number of non-ortho nitro benzene ring substituents is 1. The number of hydrogen-bond donors (Lipinski definition) is 1. The molecule has 1 saturated heterocycles. The minimum Gasteiger partial charge on any atom is -0.381 e. The topological polar surface area (TPSA) is 58.4 Å². The highest BCUT2D eigenvalue weighted by molar-refractivity contribution is 5.50. The van der Waals surface area contributed by atoms with Crippen molar-refractivity contribution in [1.29, 1.82) is 0 Å². The average Bonchev–Trinajstić information content (AvgIpc) is 2.90. The van der Waals surface area contributed by atoms with E-state index in [4.69, 9.17) is 0 Å². The summed E-state index contributed by atoms with van der Waals surface area (Å²) < 4.78 is 13.7. The SMILES string of the molecule is CC(CNc1ccc([N+](=O)[O-])cc1F)N1CCCC1. The normalized spacial score (nSPS) is 17.4. The molecule has 1 aromatic rings. The average molecular weight is 267 g/mol. The molecule has 1 aliphatic heterocycles. The fourth-order valence-corrected chi connectivity index (χ4v) is 2.33. The Hall–Kier alpha value is -1.69. The van der Waals surface area contributed by atoms with Crippen molar-refractivity contribution in [2.45, 2.75) is 25.8 Å². The van der Waals surface area contributed by atoms with E-state index in [9.17, 15) is 14.5 Å². The maximum absolute atomic E-state index is 13.7. The van der Waals surface area contributed by atoms with Crippen LogP contribution in [0.2, 0.25) is 0 Å². The van der Waals surface area contributed by atoms with Crippen molar-refractivity contribution in [3.05, 3.63) is 34.1 Å². The van der Waals surface area contributed by atoms with Crippen LogP contribution in [0.3, 0.4) is 0 Å². The molecule has 0 amide bonds. The Balaban J connectivity index is 1.93. The van der Waals surface area contributed by atoms with Crippen molar-refractivity contribution in [2.75, 3.05) is 25.0 Å². The second kappa shape index (κ2) is 5.97. The molecule has 1 fully saturated rings. The number of nitrogens with zero attached hydrogens (tertiary/aromatic N) is 2. The van der Waals surface area contributed by atoms with Crippen molar-refractivity contribution < 1.29 is 9.31 Å². The highest BCUT2D eigenvalue weighted by Gasteiger charge is 2.18. The van der Waals surface area contributed by atoms with Gasteiger partial charge in [0.25, 0.3) is 5.69 Å². The van der Waals surface area contributed by atoms with Crippen LogP contribution in [-0.4, -0.2) is 35.5 Å². The van der Waals surface area contributed by atoms with E-state index in [1.165, 1.54) is 25.0 Å². The molecule has 0 spiro atoms. The summed E-state index contributed by atoms with van der Waals surface area (Å²) in [6, 6.07) is 4.01. The third-order valence-electron chi connectivity index (χ3n) is 3.52. The first kappa shape index (κ1) is 13.7. The van der Waals surface area contributed by atoms with Crippen molar-refractivity contribution >= 4 is 11.4 Å². The fraction of sp³-hybridized carbons (Fsp3) is 0.538. The van der Waals surface area contributed by atoms with Gasteiger partial charge in [-0.3, -0.25) is 15.0 Å². The lowest BCUT2D eigenvalue weighted by Gasteiger charge is -2.24. The smallest absolute Gasteiger partial charge is 0.272 e. The van der Waals surface area contributed by atoms with Gasteiger partial charge in [-0.05, 0) is 38.9 Å². The maximum atomic E-state index is 13.7. The summed E-state index contributed by atoms with van der Waals surface area (Å²) in [5.41, 5.74) is 0.0901. The van der Waals surface area contributed by atoms with Gasteiger partial charge in [-0.25, -0.2) is 4.39 Å². The van der Waals surface area contributed by atoms with Crippen LogP contribution in [-0.2, 0) is 0 Å². The maximum Gasteiger partial charge on any atom is 0.272 e. The molecule has 6 heteroatoms. The molecule has 2 rings (SSSR count). The fourth-order valence-electron chi connectivity index (χ4n) is 2.33. The number of likely N-dealkylation sites (tertiary alicyclic amines) is 1. The van der Waals surface area contributed by atoms with E-state index in [1.807, 2.05) is 0 Å². The summed E-state index contributed by atoms with van der Waals surface area (Å²) in [7, 11) is 0. The Morgan fingerprint density at radius 1 is 1.47 bits per heavy atom. The van der Waals surface area contributed by atoms with E-state index >= 15 is 0 Å². The summed E-state index contributed by atoms with van der Waals surface area (Å²) in [6.07, 6.45) is 2.44. The molecule has 0 bridgehead atoms. The van der Waals surface area contributed by atoms with Gasteiger partial charge in [-0.1, -0.05) is 0 Å². The van der Waals surface area contributed by atoms with Crippen LogP contribution < -0.4 is 5.32 Å². The summed E-state index contributed by atoms with van der Waals surface area (Å²) in [5.74, 6) is -0.581. The number of rotatable bonds is 5.